The Morgan fingerprint density at radius 2 is 1.71 bits per heavy atom. The van der Waals surface area contributed by atoms with Crippen molar-refractivity contribution in [3.8, 4) is 0 Å². The number of nitrogens with one attached hydrogen (secondary N) is 1. The predicted octanol–water partition coefficient (Wildman–Crippen LogP) is 2.61. The van der Waals surface area contributed by atoms with Crippen LogP contribution in [-0.4, -0.2) is 54.8 Å². The van der Waals surface area contributed by atoms with Crippen LogP contribution in [0.15, 0.2) is 0 Å². The number of amides is 1. The van der Waals surface area contributed by atoms with Crippen molar-refractivity contribution in [2.24, 2.45) is 11.8 Å². The number of carbonyl (C=O) groups excluding carboxylic acids is 2. The average molecular weight is 338 g/mol. The molecule has 2 fully saturated rings. The molecule has 0 aromatic heterocycles. The first-order valence-corrected chi connectivity index (χ1v) is 9.91. The van der Waals surface area contributed by atoms with E-state index in [2.05, 4.69) is 10.3 Å². The van der Waals surface area contributed by atoms with E-state index >= 15 is 0 Å². The molecule has 0 aromatic carbocycles. The molecule has 1 saturated carbocycles. The highest BCUT2D eigenvalue weighted by molar-refractivity contribution is 5.88. The number of hydrogen-bond acceptors (Lipinski definition) is 4. The maximum Gasteiger partial charge on any atom is 0.240 e. The van der Waals surface area contributed by atoms with E-state index in [0.29, 0.717) is 6.42 Å². The molecule has 2 rings (SSSR count). The summed E-state index contributed by atoms with van der Waals surface area (Å²) in [6.45, 7) is 6.10. The molecule has 0 aromatic rings. The van der Waals surface area contributed by atoms with Crippen LogP contribution < -0.4 is 5.43 Å². The summed E-state index contributed by atoms with van der Waals surface area (Å²) in [4.78, 5) is 27.7. The van der Waals surface area contributed by atoms with Crippen LogP contribution in [0, 0.1) is 11.8 Å². The average Bonchev–Trinajstić information content (AvgIpc) is 2.65. The maximum atomic E-state index is 12.9. The molecule has 24 heavy (non-hydrogen) atoms. The molecule has 2 aliphatic rings. The van der Waals surface area contributed by atoms with Gasteiger partial charge in [0.1, 0.15) is 5.78 Å². The van der Waals surface area contributed by atoms with Crippen LogP contribution in [0.5, 0.6) is 0 Å². The van der Waals surface area contributed by atoms with Crippen molar-refractivity contribution < 1.29 is 9.59 Å². The minimum atomic E-state index is -0.117. The minimum Gasteiger partial charge on any atom is -0.303 e. The Balaban J connectivity index is 1.85. The number of nitrogens with zero attached hydrogens (tertiary/aromatic N) is 2. The Bertz CT molecular complexity index is 407. The summed E-state index contributed by atoms with van der Waals surface area (Å²) in [5, 5.41) is 1.76. The first-order valence-electron chi connectivity index (χ1n) is 9.91. The van der Waals surface area contributed by atoms with Gasteiger partial charge in [-0.25, -0.2) is 5.43 Å². The van der Waals surface area contributed by atoms with Crippen LogP contribution in [0.2, 0.25) is 0 Å². The van der Waals surface area contributed by atoms with Gasteiger partial charge in [-0.05, 0) is 51.7 Å². The molecule has 2 unspecified atom stereocenters. The zero-order valence-electron chi connectivity index (χ0n) is 15.6. The third-order valence-electron chi connectivity index (χ3n) is 5.69. The lowest BCUT2D eigenvalue weighted by Crippen LogP contribution is -2.48. The Morgan fingerprint density at radius 1 is 1.04 bits per heavy atom. The number of Topliss-reactive ketones (excluding diaryl/α,β-unsaturated/α-hetero) is 1. The number of hydrogen-bond donors (Lipinski definition) is 1. The highest BCUT2D eigenvalue weighted by Crippen LogP contribution is 2.32. The molecular formula is C19H35N3O2. The molecule has 0 radical (unpaired) electrons. The molecule has 0 bridgehead atoms. The monoisotopic (exact) mass is 337 g/mol. The molecular weight excluding hydrogens is 302 g/mol. The topological polar surface area (TPSA) is 52.7 Å². The van der Waals surface area contributed by atoms with Gasteiger partial charge in [0.15, 0.2) is 0 Å². The summed E-state index contributed by atoms with van der Waals surface area (Å²) in [5.74, 6) is 0.211. The van der Waals surface area contributed by atoms with Gasteiger partial charge < -0.3 is 4.90 Å². The molecule has 1 aliphatic heterocycles. The van der Waals surface area contributed by atoms with Crippen LogP contribution in [0.3, 0.4) is 0 Å². The van der Waals surface area contributed by atoms with Gasteiger partial charge in [0.25, 0.3) is 0 Å². The second-order valence-electron chi connectivity index (χ2n) is 7.29. The molecule has 1 heterocycles. The molecule has 1 N–H and O–H groups in total. The van der Waals surface area contributed by atoms with Crippen molar-refractivity contribution in [3.05, 3.63) is 0 Å². The van der Waals surface area contributed by atoms with Crippen molar-refractivity contribution in [1.29, 1.82) is 0 Å². The van der Waals surface area contributed by atoms with Crippen LogP contribution >= 0.6 is 0 Å². The minimum absolute atomic E-state index is 0.0609. The maximum absolute atomic E-state index is 12.9. The lowest BCUT2D eigenvalue weighted by molar-refractivity contribution is -0.145. The standard InChI is InChI=1S/C19H35N3O2/c1-3-18(23)16-10-5-6-11-17(16)19(24)22(20-2)15-9-14-21-12-7-4-8-13-21/h16-17,20H,3-15H2,1-2H3. The van der Waals surface area contributed by atoms with Gasteiger partial charge in [-0.1, -0.05) is 26.2 Å². The molecule has 138 valence electrons. The summed E-state index contributed by atoms with van der Waals surface area (Å²) in [5.41, 5.74) is 3.07. The summed E-state index contributed by atoms with van der Waals surface area (Å²) < 4.78 is 0. The zero-order chi connectivity index (χ0) is 17.4. The molecule has 0 spiro atoms. The quantitative estimate of drug-likeness (QED) is 0.692. The number of carbonyl (C=O) groups is 2. The summed E-state index contributed by atoms with van der Waals surface area (Å²) in [7, 11) is 1.82. The largest absolute Gasteiger partial charge is 0.303 e. The SMILES string of the molecule is CCC(=O)C1CCCCC1C(=O)N(CCCN1CCCCC1)NC. The first-order chi connectivity index (χ1) is 11.7. The fraction of sp³-hybridized carbons (Fsp3) is 0.895. The Hall–Kier alpha value is -0.940. The third-order valence-corrected chi connectivity index (χ3v) is 5.69. The lowest BCUT2D eigenvalue weighted by Gasteiger charge is -2.34. The molecule has 1 saturated heterocycles. The van der Waals surface area contributed by atoms with Gasteiger partial charge in [-0.15, -0.1) is 0 Å². The Morgan fingerprint density at radius 3 is 2.33 bits per heavy atom. The van der Waals surface area contributed by atoms with E-state index in [0.717, 1.165) is 45.2 Å². The molecule has 2 atom stereocenters. The molecule has 5 nitrogen and oxygen atoms in total. The highest BCUT2D eigenvalue weighted by Gasteiger charge is 2.36. The first kappa shape index (κ1) is 19.4. The van der Waals surface area contributed by atoms with Gasteiger partial charge in [-0.3, -0.25) is 14.6 Å². The van der Waals surface area contributed by atoms with E-state index < -0.39 is 0 Å². The number of hydrazine groups is 1. The second kappa shape index (κ2) is 10.1. The predicted molar refractivity (Wildman–Crippen MR) is 96.4 cm³/mol. The Kier molecular flexibility index (Phi) is 8.19. The fourth-order valence-corrected chi connectivity index (χ4v) is 4.24. The van der Waals surface area contributed by atoms with Gasteiger partial charge >= 0.3 is 0 Å². The van der Waals surface area contributed by atoms with Crippen LogP contribution in [0.4, 0.5) is 0 Å². The highest BCUT2D eigenvalue weighted by atomic mass is 16.2. The Labute approximate surface area is 147 Å². The van der Waals surface area contributed by atoms with Crippen molar-refractivity contribution in [1.82, 2.24) is 15.3 Å². The van der Waals surface area contributed by atoms with E-state index in [1.54, 1.807) is 5.01 Å². The normalized spacial score (nSPS) is 25.4. The van der Waals surface area contributed by atoms with Gasteiger partial charge in [-0.2, -0.15) is 0 Å². The van der Waals surface area contributed by atoms with E-state index in [1.807, 2.05) is 14.0 Å². The van der Waals surface area contributed by atoms with Crippen molar-refractivity contribution >= 4 is 11.7 Å². The summed E-state index contributed by atoms with van der Waals surface area (Å²) in [6.07, 6.45) is 9.38. The lowest BCUT2D eigenvalue weighted by atomic mass is 9.75. The number of likely N-dealkylation sites (tertiary alicyclic amines) is 1. The smallest absolute Gasteiger partial charge is 0.240 e. The van der Waals surface area contributed by atoms with Gasteiger partial charge in [0.2, 0.25) is 5.91 Å². The molecule has 5 heteroatoms. The van der Waals surface area contributed by atoms with E-state index in [4.69, 9.17) is 0 Å². The molecule has 1 amide bonds. The van der Waals surface area contributed by atoms with Crippen LogP contribution in [0.25, 0.3) is 0 Å². The van der Waals surface area contributed by atoms with E-state index in [9.17, 15) is 9.59 Å². The fourth-order valence-electron chi connectivity index (χ4n) is 4.24. The third kappa shape index (κ3) is 5.28. The van der Waals surface area contributed by atoms with E-state index in [-0.39, 0.29) is 23.5 Å². The van der Waals surface area contributed by atoms with Crippen LogP contribution in [-0.2, 0) is 9.59 Å². The van der Waals surface area contributed by atoms with Crippen molar-refractivity contribution in [3.63, 3.8) is 0 Å². The van der Waals surface area contributed by atoms with Crippen molar-refractivity contribution in [2.45, 2.75) is 64.7 Å². The number of piperidine rings is 1. The van der Waals surface area contributed by atoms with Gasteiger partial charge in [0.05, 0.1) is 0 Å². The summed E-state index contributed by atoms with van der Waals surface area (Å²) >= 11 is 0. The summed E-state index contributed by atoms with van der Waals surface area (Å²) in [6, 6.07) is 0. The second-order valence-corrected chi connectivity index (χ2v) is 7.29. The molecule has 1 aliphatic carbocycles. The zero-order valence-corrected chi connectivity index (χ0v) is 15.6. The van der Waals surface area contributed by atoms with Gasteiger partial charge in [0, 0.05) is 31.8 Å². The van der Waals surface area contributed by atoms with Crippen LogP contribution in [0.1, 0.15) is 64.7 Å². The number of ketones is 1. The van der Waals surface area contributed by atoms with E-state index in [1.165, 1.54) is 32.4 Å². The number of rotatable bonds is 8. The van der Waals surface area contributed by atoms with Crippen molar-refractivity contribution in [2.75, 3.05) is 33.2 Å².